The molecule has 1 heterocycles. The Morgan fingerprint density at radius 2 is 2.25 bits per heavy atom. The SMILES string of the molecule is CCn1nccc1CCOC(=O)C[C@@H](CN)CC(C)C. The molecule has 0 spiro atoms. The number of rotatable bonds is 9. The van der Waals surface area contributed by atoms with E-state index >= 15 is 0 Å². The standard InChI is InChI=1S/C15H27N3O2/c1-4-18-14(5-7-17-18)6-8-20-15(19)10-13(11-16)9-12(2)3/h5,7,12-13H,4,6,8-11,16H2,1-3H3/t13-/m0/s1. The molecule has 0 saturated heterocycles. The Bertz CT molecular complexity index is 402. The summed E-state index contributed by atoms with van der Waals surface area (Å²) in [7, 11) is 0. The number of carbonyl (C=O) groups is 1. The molecule has 0 radical (unpaired) electrons. The summed E-state index contributed by atoms with van der Waals surface area (Å²) in [5, 5.41) is 4.19. The van der Waals surface area contributed by atoms with Crippen LogP contribution < -0.4 is 5.73 Å². The molecule has 0 aromatic carbocycles. The van der Waals surface area contributed by atoms with Crippen LogP contribution in [-0.4, -0.2) is 28.9 Å². The second-order valence-electron chi connectivity index (χ2n) is 5.54. The molecule has 5 heteroatoms. The second kappa shape index (κ2) is 8.74. The van der Waals surface area contributed by atoms with Gasteiger partial charge < -0.3 is 10.5 Å². The molecule has 1 rings (SSSR count). The molecular formula is C15H27N3O2. The van der Waals surface area contributed by atoms with E-state index in [-0.39, 0.29) is 11.9 Å². The first-order valence-electron chi connectivity index (χ1n) is 7.43. The van der Waals surface area contributed by atoms with Gasteiger partial charge in [0.25, 0.3) is 0 Å². The number of carbonyl (C=O) groups excluding carboxylic acids is 1. The van der Waals surface area contributed by atoms with E-state index in [0.29, 0.717) is 31.9 Å². The van der Waals surface area contributed by atoms with Crippen molar-refractivity contribution in [3.63, 3.8) is 0 Å². The molecule has 0 unspecified atom stereocenters. The molecule has 0 aliphatic heterocycles. The fourth-order valence-electron chi connectivity index (χ4n) is 2.35. The molecule has 1 atom stereocenters. The average Bonchev–Trinajstić information content (AvgIpc) is 2.84. The van der Waals surface area contributed by atoms with Gasteiger partial charge in [0, 0.05) is 31.3 Å². The van der Waals surface area contributed by atoms with Crippen LogP contribution in [0, 0.1) is 11.8 Å². The minimum atomic E-state index is -0.149. The van der Waals surface area contributed by atoms with E-state index < -0.39 is 0 Å². The zero-order valence-electron chi connectivity index (χ0n) is 12.8. The average molecular weight is 281 g/mol. The van der Waals surface area contributed by atoms with Crippen LogP contribution in [0.4, 0.5) is 0 Å². The monoisotopic (exact) mass is 281 g/mol. The molecule has 0 aliphatic carbocycles. The first kappa shape index (κ1) is 16.7. The molecule has 20 heavy (non-hydrogen) atoms. The summed E-state index contributed by atoms with van der Waals surface area (Å²) < 4.78 is 7.21. The number of hydrogen-bond donors (Lipinski definition) is 1. The number of aromatic nitrogens is 2. The molecule has 0 aliphatic rings. The Morgan fingerprint density at radius 1 is 1.50 bits per heavy atom. The fraction of sp³-hybridized carbons (Fsp3) is 0.733. The number of hydrogen-bond acceptors (Lipinski definition) is 4. The van der Waals surface area contributed by atoms with Crippen LogP contribution in [-0.2, 0) is 22.5 Å². The summed E-state index contributed by atoms with van der Waals surface area (Å²) in [5.41, 5.74) is 6.79. The smallest absolute Gasteiger partial charge is 0.306 e. The van der Waals surface area contributed by atoms with Crippen molar-refractivity contribution in [2.45, 2.75) is 46.6 Å². The van der Waals surface area contributed by atoms with Gasteiger partial charge in [0.1, 0.15) is 0 Å². The molecule has 1 aromatic heterocycles. The summed E-state index contributed by atoms with van der Waals surface area (Å²) in [6.45, 7) is 8.10. The van der Waals surface area contributed by atoms with Crippen molar-refractivity contribution in [1.29, 1.82) is 0 Å². The predicted molar refractivity (Wildman–Crippen MR) is 79.2 cm³/mol. The Balaban J connectivity index is 2.29. The number of nitrogens with zero attached hydrogens (tertiary/aromatic N) is 2. The predicted octanol–water partition coefficient (Wildman–Crippen LogP) is 2.00. The molecule has 0 bridgehead atoms. The third-order valence-corrected chi connectivity index (χ3v) is 3.32. The second-order valence-corrected chi connectivity index (χ2v) is 5.54. The summed E-state index contributed by atoms with van der Waals surface area (Å²) in [6.07, 6.45) is 3.86. The lowest BCUT2D eigenvalue weighted by molar-refractivity contribution is -0.144. The first-order valence-corrected chi connectivity index (χ1v) is 7.43. The molecule has 0 saturated carbocycles. The Hall–Kier alpha value is -1.36. The lowest BCUT2D eigenvalue weighted by Gasteiger charge is -2.16. The zero-order valence-corrected chi connectivity index (χ0v) is 12.8. The van der Waals surface area contributed by atoms with Crippen LogP contribution in [0.15, 0.2) is 12.3 Å². The van der Waals surface area contributed by atoms with Gasteiger partial charge in [0.05, 0.1) is 6.61 Å². The van der Waals surface area contributed by atoms with Gasteiger partial charge in [-0.15, -0.1) is 0 Å². The number of aryl methyl sites for hydroxylation is 1. The van der Waals surface area contributed by atoms with Gasteiger partial charge in [0.15, 0.2) is 0 Å². The number of esters is 1. The highest BCUT2D eigenvalue weighted by molar-refractivity contribution is 5.69. The number of ether oxygens (including phenoxy) is 1. The minimum absolute atomic E-state index is 0.149. The highest BCUT2D eigenvalue weighted by Gasteiger charge is 2.15. The van der Waals surface area contributed by atoms with Crippen LogP contribution in [0.1, 0.15) is 39.3 Å². The van der Waals surface area contributed by atoms with Crippen molar-refractivity contribution in [3.05, 3.63) is 18.0 Å². The maximum atomic E-state index is 11.8. The van der Waals surface area contributed by atoms with Crippen LogP contribution in [0.2, 0.25) is 0 Å². The van der Waals surface area contributed by atoms with Gasteiger partial charge in [-0.25, -0.2) is 0 Å². The zero-order chi connectivity index (χ0) is 15.0. The third-order valence-electron chi connectivity index (χ3n) is 3.32. The van der Waals surface area contributed by atoms with Crippen molar-refractivity contribution in [2.24, 2.45) is 17.6 Å². The first-order chi connectivity index (χ1) is 9.56. The van der Waals surface area contributed by atoms with Gasteiger partial charge in [-0.1, -0.05) is 13.8 Å². The van der Waals surface area contributed by atoms with E-state index in [1.165, 1.54) is 0 Å². The minimum Gasteiger partial charge on any atom is -0.465 e. The fourth-order valence-corrected chi connectivity index (χ4v) is 2.35. The largest absolute Gasteiger partial charge is 0.465 e. The Kier molecular flexibility index (Phi) is 7.30. The van der Waals surface area contributed by atoms with Gasteiger partial charge in [-0.05, 0) is 37.8 Å². The van der Waals surface area contributed by atoms with Crippen molar-refractivity contribution in [2.75, 3.05) is 13.2 Å². The van der Waals surface area contributed by atoms with E-state index in [4.69, 9.17) is 10.5 Å². The van der Waals surface area contributed by atoms with Crippen molar-refractivity contribution < 1.29 is 9.53 Å². The van der Waals surface area contributed by atoms with Crippen molar-refractivity contribution >= 4 is 5.97 Å². The van der Waals surface area contributed by atoms with Gasteiger partial charge in [-0.2, -0.15) is 5.10 Å². The van der Waals surface area contributed by atoms with Gasteiger partial charge in [0.2, 0.25) is 0 Å². The summed E-state index contributed by atoms with van der Waals surface area (Å²) >= 11 is 0. The lowest BCUT2D eigenvalue weighted by Crippen LogP contribution is -2.21. The summed E-state index contributed by atoms with van der Waals surface area (Å²) in [5.74, 6) is 0.627. The van der Waals surface area contributed by atoms with E-state index in [2.05, 4.69) is 18.9 Å². The Labute approximate surface area is 121 Å². The molecule has 0 amide bonds. The van der Waals surface area contributed by atoms with E-state index in [1.54, 1.807) is 6.20 Å². The van der Waals surface area contributed by atoms with Gasteiger partial charge in [-0.3, -0.25) is 9.48 Å². The molecule has 5 nitrogen and oxygen atoms in total. The van der Waals surface area contributed by atoms with Crippen LogP contribution in [0.5, 0.6) is 0 Å². The quantitative estimate of drug-likeness (QED) is 0.703. The lowest BCUT2D eigenvalue weighted by atomic mass is 9.94. The van der Waals surface area contributed by atoms with Crippen molar-refractivity contribution in [1.82, 2.24) is 9.78 Å². The van der Waals surface area contributed by atoms with Crippen LogP contribution in [0.3, 0.4) is 0 Å². The summed E-state index contributed by atoms with van der Waals surface area (Å²) in [6, 6.07) is 1.96. The molecule has 114 valence electrons. The highest BCUT2D eigenvalue weighted by atomic mass is 16.5. The maximum Gasteiger partial charge on any atom is 0.306 e. The normalized spacial score (nSPS) is 12.7. The topological polar surface area (TPSA) is 70.1 Å². The van der Waals surface area contributed by atoms with E-state index in [9.17, 15) is 4.79 Å². The van der Waals surface area contributed by atoms with E-state index in [0.717, 1.165) is 18.7 Å². The van der Waals surface area contributed by atoms with Crippen molar-refractivity contribution in [3.8, 4) is 0 Å². The molecule has 0 fully saturated rings. The third kappa shape index (κ3) is 5.74. The Morgan fingerprint density at radius 3 is 2.85 bits per heavy atom. The van der Waals surface area contributed by atoms with Gasteiger partial charge >= 0.3 is 5.97 Å². The maximum absolute atomic E-state index is 11.8. The molecular weight excluding hydrogens is 254 g/mol. The van der Waals surface area contributed by atoms with Crippen LogP contribution in [0.25, 0.3) is 0 Å². The molecule has 1 aromatic rings. The molecule has 2 N–H and O–H groups in total. The number of nitrogens with two attached hydrogens (primary N) is 1. The van der Waals surface area contributed by atoms with E-state index in [1.807, 2.05) is 17.7 Å². The van der Waals surface area contributed by atoms with Crippen LogP contribution >= 0.6 is 0 Å². The summed E-state index contributed by atoms with van der Waals surface area (Å²) in [4.78, 5) is 11.8. The highest BCUT2D eigenvalue weighted by Crippen LogP contribution is 2.14.